The van der Waals surface area contributed by atoms with Crippen LogP contribution in [0.2, 0.25) is 0 Å². The van der Waals surface area contributed by atoms with Crippen LogP contribution in [-0.4, -0.2) is 22.1 Å². The topological polar surface area (TPSA) is 62.8 Å². The fraction of sp³-hybridized carbons (Fsp3) is 0.294. The Bertz CT molecular complexity index is 825. The van der Waals surface area contributed by atoms with Crippen LogP contribution < -0.4 is 10.1 Å². The van der Waals surface area contributed by atoms with E-state index < -0.39 is 0 Å². The molecule has 0 unspecified atom stereocenters. The number of methoxy groups -OCH3 is 1. The Labute approximate surface area is 128 Å². The van der Waals surface area contributed by atoms with Crippen LogP contribution in [-0.2, 0) is 12.8 Å². The summed E-state index contributed by atoms with van der Waals surface area (Å²) in [4.78, 5) is 12.3. The van der Waals surface area contributed by atoms with Gasteiger partial charge in [0.05, 0.1) is 12.5 Å². The molecule has 0 spiro atoms. The van der Waals surface area contributed by atoms with Crippen LogP contribution in [0, 0.1) is 0 Å². The molecule has 0 radical (unpaired) electrons. The third-order valence-electron chi connectivity index (χ3n) is 4.22. The van der Waals surface area contributed by atoms with Crippen molar-refractivity contribution in [3.63, 3.8) is 0 Å². The summed E-state index contributed by atoms with van der Waals surface area (Å²) in [6.07, 6.45) is 6.27. The van der Waals surface area contributed by atoms with Crippen molar-refractivity contribution in [3.05, 3.63) is 41.9 Å². The van der Waals surface area contributed by atoms with Gasteiger partial charge in [-0.3, -0.25) is 0 Å². The fourth-order valence-corrected chi connectivity index (χ4v) is 3.16. The first-order valence-electron chi connectivity index (χ1n) is 7.60. The summed E-state index contributed by atoms with van der Waals surface area (Å²) in [6.45, 7) is 0. The quantitative estimate of drug-likeness (QED) is 0.775. The van der Waals surface area contributed by atoms with Gasteiger partial charge in [0.2, 0.25) is 0 Å². The number of aromatic nitrogens is 3. The molecule has 4 rings (SSSR count). The van der Waals surface area contributed by atoms with Crippen molar-refractivity contribution < 1.29 is 4.74 Å². The van der Waals surface area contributed by atoms with Crippen molar-refractivity contribution in [2.24, 2.45) is 0 Å². The zero-order valence-corrected chi connectivity index (χ0v) is 12.5. The molecule has 0 saturated carbocycles. The Balaban J connectivity index is 1.79. The number of hydrogen-bond acceptors (Lipinski definition) is 4. The van der Waals surface area contributed by atoms with Crippen molar-refractivity contribution in [1.29, 1.82) is 0 Å². The van der Waals surface area contributed by atoms with E-state index >= 15 is 0 Å². The number of nitrogens with one attached hydrogen (secondary N) is 2. The molecular formula is C17H18N4O. The number of anilines is 2. The molecule has 0 fully saturated rings. The molecule has 112 valence electrons. The Morgan fingerprint density at radius 2 is 2.09 bits per heavy atom. The highest BCUT2D eigenvalue weighted by Crippen LogP contribution is 2.33. The van der Waals surface area contributed by atoms with E-state index in [1.165, 1.54) is 24.1 Å². The molecule has 1 aliphatic rings. The number of aromatic amines is 1. The van der Waals surface area contributed by atoms with Crippen molar-refractivity contribution >= 4 is 22.5 Å². The monoisotopic (exact) mass is 294 g/mol. The van der Waals surface area contributed by atoms with Crippen molar-refractivity contribution in [3.8, 4) is 5.75 Å². The van der Waals surface area contributed by atoms with E-state index in [0.717, 1.165) is 41.1 Å². The van der Waals surface area contributed by atoms with Gasteiger partial charge in [-0.1, -0.05) is 6.07 Å². The number of rotatable bonds is 3. The molecular weight excluding hydrogens is 276 g/mol. The summed E-state index contributed by atoms with van der Waals surface area (Å²) in [7, 11) is 1.67. The summed E-state index contributed by atoms with van der Waals surface area (Å²) < 4.78 is 5.28. The van der Waals surface area contributed by atoms with Crippen LogP contribution in [0.1, 0.15) is 24.1 Å². The third kappa shape index (κ3) is 2.19. The minimum atomic E-state index is 0.825. The first-order chi connectivity index (χ1) is 10.8. The van der Waals surface area contributed by atoms with E-state index in [-0.39, 0.29) is 0 Å². The van der Waals surface area contributed by atoms with Crippen molar-refractivity contribution in [2.45, 2.75) is 25.7 Å². The fourth-order valence-electron chi connectivity index (χ4n) is 3.16. The van der Waals surface area contributed by atoms with E-state index in [4.69, 9.17) is 4.74 Å². The zero-order valence-electron chi connectivity index (χ0n) is 12.5. The van der Waals surface area contributed by atoms with Gasteiger partial charge in [0.25, 0.3) is 0 Å². The molecule has 2 heterocycles. The first kappa shape index (κ1) is 13.1. The van der Waals surface area contributed by atoms with Gasteiger partial charge in [0.15, 0.2) is 0 Å². The van der Waals surface area contributed by atoms with E-state index in [9.17, 15) is 0 Å². The third-order valence-corrected chi connectivity index (χ3v) is 4.22. The predicted octanol–water partition coefficient (Wildman–Crippen LogP) is 3.59. The van der Waals surface area contributed by atoms with Crippen molar-refractivity contribution in [2.75, 3.05) is 12.4 Å². The molecule has 0 atom stereocenters. The molecule has 1 aromatic carbocycles. The predicted molar refractivity (Wildman–Crippen MR) is 86.8 cm³/mol. The summed E-state index contributed by atoms with van der Waals surface area (Å²) >= 11 is 0. The summed E-state index contributed by atoms with van der Waals surface area (Å²) in [5, 5.41) is 4.53. The zero-order chi connectivity index (χ0) is 14.9. The van der Waals surface area contributed by atoms with Crippen LogP contribution in [0.3, 0.4) is 0 Å². The molecule has 2 aromatic heterocycles. The second-order valence-electron chi connectivity index (χ2n) is 5.59. The summed E-state index contributed by atoms with van der Waals surface area (Å²) in [5.41, 5.74) is 4.57. The Morgan fingerprint density at radius 3 is 3.00 bits per heavy atom. The molecule has 0 saturated heterocycles. The average Bonchev–Trinajstić information content (AvgIpc) is 2.94. The lowest BCUT2D eigenvalue weighted by Gasteiger charge is -2.12. The minimum absolute atomic E-state index is 0.825. The second-order valence-corrected chi connectivity index (χ2v) is 5.59. The van der Waals surface area contributed by atoms with Crippen LogP contribution >= 0.6 is 0 Å². The molecule has 3 aromatic rings. The van der Waals surface area contributed by atoms with Crippen LogP contribution in [0.4, 0.5) is 11.5 Å². The Hall–Kier alpha value is -2.56. The van der Waals surface area contributed by atoms with Gasteiger partial charge in [0, 0.05) is 17.4 Å². The number of H-pyrrole nitrogens is 1. The van der Waals surface area contributed by atoms with Gasteiger partial charge < -0.3 is 15.0 Å². The molecule has 5 heteroatoms. The lowest BCUT2D eigenvalue weighted by atomic mass is 9.96. The second kappa shape index (κ2) is 5.33. The first-order valence-corrected chi connectivity index (χ1v) is 7.60. The molecule has 0 aliphatic heterocycles. The molecule has 1 aliphatic carbocycles. The van der Waals surface area contributed by atoms with E-state index in [1.807, 2.05) is 24.3 Å². The van der Waals surface area contributed by atoms with Gasteiger partial charge in [0.1, 0.15) is 23.5 Å². The van der Waals surface area contributed by atoms with E-state index in [1.54, 1.807) is 13.4 Å². The highest BCUT2D eigenvalue weighted by Gasteiger charge is 2.19. The van der Waals surface area contributed by atoms with Crippen LogP contribution in [0.5, 0.6) is 5.75 Å². The smallest absolute Gasteiger partial charge is 0.143 e. The maximum absolute atomic E-state index is 5.28. The maximum atomic E-state index is 5.28. The van der Waals surface area contributed by atoms with Gasteiger partial charge in [-0.2, -0.15) is 0 Å². The van der Waals surface area contributed by atoms with Crippen molar-refractivity contribution in [1.82, 2.24) is 15.0 Å². The highest BCUT2D eigenvalue weighted by molar-refractivity contribution is 5.93. The van der Waals surface area contributed by atoms with Gasteiger partial charge in [-0.25, -0.2) is 9.97 Å². The number of aryl methyl sites for hydroxylation is 2. The molecule has 5 nitrogen and oxygen atoms in total. The molecule has 0 amide bonds. The van der Waals surface area contributed by atoms with E-state index in [0.29, 0.717) is 0 Å². The normalized spacial score (nSPS) is 13.9. The highest BCUT2D eigenvalue weighted by atomic mass is 16.5. The largest absolute Gasteiger partial charge is 0.497 e. The lowest BCUT2D eigenvalue weighted by Crippen LogP contribution is -2.01. The van der Waals surface area contributed by atoms with Gasteiger partial charge in [-0.15, -0.1) is 0 Å². The van der Waals surface area contributed by atoms with Gasteiger partial charge in [-0.05, 0) is 43.4 Å². The minimum Gasteiger partial charge on any atom is -0.497 e. The number of ether oxygens (including phenoxy) is 1. The summed E-state index contributed by atoms with van der Waals surface area (Å²) in [5.74, 6) is 1.68. The molecule has 0 bridgehead atoms. The summed E-state index contributed by atoms with van der Waals surface area (Å²) in [6, 6.07) is 7.87. The average molecular weight is 294 g/mol. The van der Waals surface area contributed by atoms with E-state index in [2.05, 4.69) is 20.3 Å². The molecule has 22 heavy (non-hydrogen) atoms. The van der Waals surface area contributed by atoms with Crippen LogP contribution in [0.15, 0.2) is 30.6 Å². The standard InChI is InChI=1S/C17H18N4O/c1-22-12-6-4-5-11(9-12)20-16-15-13-7-2-3-8-14(13)21-17(15)19-10-18-16/h4-6,9-10H,2-3,7-8H2,1H3,(H2,18,19,20,21). The SMILES string of the molecule is COc1cccc(Nc2ncnc3[nH]c4c(c23)CCCC4)c1. The number of hydrogen-bond donors (Lipinski definition) is 2. The van der Waals surface area contributed by atoms with Gasteiger partial charge >= 0.3 is 0 Å². The molecule has 2 N–H and O–H groups in total. The van der Waals surface area contributed by atoms with Crippen LogP contribution in [0.25, 0.3) is 11.0 Å². The Morgan fingerprint density at radius 1 is 1.18 bits per heavy atom. The maximum Gasteiger partial charge on any atom is 0.143 e. The number of fused-ring (bicyclic) bond motifs is 3. The number of benzene rings is 1. The Kier molecular flexibility index (Phi) is 3.18. The number of nitrogens with zero attached hydrogens (tertiary/aromatic N) is 2. The lowest BCUT2D eigenvalue weighted by molar-refractivity contribution is 0.415.